The van der Waals surface area contributed by atoms with Crippen LogP contribution in [0.3, 0.4) is 0 Å². The van der Waals surface area contributed by atoms with E-state index in [9.17, 15) is 14.4 Å². The zero-order chi connectivity index (χ0) is 23.7. The number of amides is 3. The van der Waals surface area contributed by atoms with Gasteiger partial charge < -0.3 is 14.5 Å². The van der Waals surface area contributed by atoms with E-state index in [-0.39, 0.29) is 24.3 Å². The first-order chi connectivity index (χ1) is 16.5. The van der Waals surface area contributed by atoms with Crippen molar-refractivity contribution in [2.75, 3.05) is 32.8 Å². The second-order valence-corrected chi connectivity index (χ2v) is 9.50. The molecule has 1 atom stereocenters. The maximum atomic E-state index is 13.7. The molecule has 7 nitrogen and oxygen atoms in total. The van der Waals surface area contributed by atoms with E-state index < -0.39 is 11.8 Å². The number of hydrogen-bond donors (Lipinski definition) is 0. The highest BCUT2D eigenvalue weighted by atomic mass is 16.5. The number of carbonyl (C=O) groups excluding carboxylic acids is 3. The van der Waals surface area contributed by atoms with E-state index in [0.717, 1.165) is 31.5 Å². The quantitative estimate of drug-likeness (QED) is 0.704. The van der Waals surface area contributed by atoms with Gasteiger partial charge >= 0.3 is 0 Å². The number of likely N-dealkylation sites (tertiary alicyclic amines) is 2. The molecule has 7 heteroatoms. The molecule has 0 aliphatic carbocycles. The molecule has 3 saturated heterocycles. The number of aryl methyl sites for hydroxylation is 1. The molecule has 5 rings (SSSR count). The molecule has 3 aliphatic heterocycles. The average Bonchev–Trinajstić information content (AvgIpc) is 3.53. The third-order valence-corrected chi connectivity index (χ3v) is 7.33. The highest BCUT2D eigenvalue weighted by Gasteiger charge is 2.55. The predicted molar refractivity (Wildman–Crippen MR) is 127 cm³/mol. The van der Waals surface area contributed by atoms with Gasteiger partial charge in [0, 0.05) is 50.1 Å². The lowest BCUT2D eigenvalue weighted by molar-refractivity contribution is -0.136. The molecule has 3 aliphatic rings. The number of benzene rings is 2. The van der Waals surface area contributed by atoms with E-state index in [1.807, 2.05) is 59.2 Å². The minimum atomic E-state index is -0.878. The molecule has 0 saturated carbocycles. The zero-order valence-corrected chi connectivity index (χ0v) is 19.6. The maximum Gasteiger partial charge on any atom is 0.256 e. The summed E-state index contributed by atoms with van der Waals surface area (Å²) in [5.74, 6) is -0.232. The Balaban J connectivity index is 1.38. The van der Waals surface area contributed by atoms with Crippen molar-refractivity contribution in [1.82, 2.24) is 14.7 Å². The smallest absolute Gasteiger partial charge is 0.256 e. The molecule has 34 heavy (non-hydrogen) atoms. The van der Waals surface area contributed by atoms with E-state index in [1.165, 1.54) is 0 Å². The van der Waals surface area contributed by atoms with Gasteiger partial charge in [-0.1, -0.05) is 35.9 Å². The highest BCUT2D eigenvalue weighted by Crippen LogP contribution is 2.39. The fraction of sp³-hybridized carbons (Fsp3) is 0.444. The monoisotopic (exact) mass is 461 g/mol. The van der Waals surface area contributed by atoms with Gasteiger partial charge in [-0.05, 0) is 44.0 Å². The van der Waals surface area contributed by atoms with Gasteiger partial charge in [-0.25, -0.2) is 0 Å². The number of ether oxygens (including phenoxy) is 1. The Labute approximate surface area is 200 Å². The summed E-state index contributed by atoms with van der Waals surface area (Å²) in [4.78, 5) is 45.5. The van der Waals surface area contributed by atoms with Crippen molar-refractivity contribution in [2.45, 2.75) is 44.4 Å². The molecular weight excluding hydrogens is 430 g/mol. The van der Waals surface area contributed by atoms with Crippen LogP contribution >= 0.6 is 0 Å². The van der Waals surface area contributed by atoms with Crippen molar-refractivity contribution < 1.29 is 19.1 Å². The molecule has 178 valence electrons. The highest BCUT2D eigenvalue weighted by molar-refractivity contribution is 5.98. The van der Waals surface area contributed by atoms with Crippen molar-refractivity contribution in [3.05, 3.63) is 71.3 Å². The molecule has 2 aromatic carbocycles. The van der Waals surface area contributed by atoms with Crippen LogP contribution in [-0.2, 0) is 9.53 Å². The Morgan fingerprint density at radius 1 is 0.794 bits per heavy atom. The van der Waals surface area contributed by atoms with Crippen molar-refractivity contribution in [3.63, 3.8) is 0 Å². The first-order valence-corrected chi connectivity index (χ1v) is 12.2. The van der Waals surface area contributed by atoms with Gasteiger partial charge in [-0.2, -0.15) is 0 Å². The molecule has 3 amide bonds. The van der Waals surface area contributed by atoms with E-state index in [1.54, 1.807) is 17.0 Å². The Morgan fingerprint density at radius 3 is 2.06 bits per heavy atom. The van der Waals surface area contributed by atoms with Crippen LogP contribution in [0.25, 0.3) is 0 Å². The topological polar surface area (TPSA) is 70.2 Å². The SMILES string of the molecule is Cc1ccc(C(=O)N2CCC3(CC2)OC[C@@H](C(=O)N2CCCC2)N3C(=O)c2ccccc2)cc1. The van der Waals surface area contributed by atoms with Gasteiger partial charge in [0.05, 0.1) is 6.61 Å². The Morgan fingerprint density at radius 2 is 1.41 bits per heavy atom. The van der Waals surface area contributed by atoms with Crippen LogP contribution in [0.2, 0.25) is 0 Å². The second kappa shape index (κ2) is 9.22. The molecule has 3 fully saturated rings. The van der Waals surface area contributed by atoms with Crippen molar-refractivity contribution >= 4 is 17.7 Å². The van der Waals surface area contributed by atoms with Gasteiger partial charge in [-0.15, -0.1) is 0 Å². The lowest BCUT2D eigenvalue weighted by atomic mass is 9.96. The summed E-state index contributed by atoms with van der Waals surface area (Å²) in [6.45, 7) is 4.59. The van der Waals surface area contributed by atoms with Crippen LogP contribution in [0.4, 0.5) is 0 Å². The van der Waals surface area contributed by atoms with Crippen LogP contribution in [0, 0.1) is 6.92 Å². The van der Waals surface area contributed by atoms with Gasteiger partial charge in [0.25, 0.3) is 11.8 Å². The lowest BCUT2D eigenvalue weighted by Gasteiger charge is -2.44. The minimum absolute atomic E-state index is 0.0153. The third-order valence-electron chi connectivity index (χ3n) is 7.33. The number of nitrogens with zero attached hydrogens (tertiary/aromatic N) is 3. The maximum absolute atomic E-state index is 13.7. The number of carbonyl (C=O) groups is 3. The van der Waals surface area contributed by atoms with E-state index in [2.05, 4.69) is 0 Å². The molecular formula is C27H31N3O4. The molecule has 0 bridgehead atoms. The molecule has 0 radical (unpaired) electrons. The van der Waals surface area contributed by atoms with Crippen LogP contribution in [0.5, 0.6) is 0 Å². The molecule has 0 unspecified atom stereocenters. The third kappa shape index (κ3) is 4.09. The van der Waals surface area contributed by atoms with Crippen LogP contribution in [0.1, 0.15) is 52.0 Å². The summed E-state index contributed by atoms with van der Waals surface area (Å²) < 4.78 is 6.30. The fourth-order valence-corrected chi connectivity index (χ4v) is 5.36. The number of piperidine rings is 1. The lowest BCUT2D eigenvalue weighted by Crippen LogP contribution is -2.60. The van der Waals surface area contributed by atoms with Crippen LogP contribution < -0.4 is 0 Å². The van der Waals surface area contributed by atoms with Crippen molar-refractivity contribution in [3.8, 4) is 0 Å². The minimum Gasteiger partial charge on any atom is -0.353 e. The summed E-state index contributed by atoms with van der Waals surface area (Å²) in [7, 11) is 0. The van der Waals surface area contributed by atoms with Crippen LogP contribution in [-0.4, -0.2) is 77.0 Å². The molecule has 0 aromatic heterocycles. The number of hydrogen-bond acceptors (Lipinski definition) is 4. The van der Waals surface area contributed by atoms with Crippen molar-refractivity contribution in [2.24, 2.45) is 0 Å². The second-order valence-electron chi connectivity index (χ2n) is 9.50. The largest absolute Gasteiger partial charge is 0.353 e. The Bertz CT molecular complexity index is 1060. The summed E-state index contributed by atoms with van der Waals surface area (Å²) in [6.07, 6.45) is 2.94. The molecule has 0 N–H and O–H groups in total. The summed E-state index contributed by atoms with van der Waals surface area (Å²) >= 11 is 0. The number of rotatable bonds is 3. The zero-order valence-electron chi connectivity index (χ0n) is 19.6. The average molecular weight is 462 g/mol. The molecule has 3 heterocycles. The molecule has 1 spiro atoms. The van der Waals surface area contributed by atoms with Gasteiger partial charge in [-0.3, -0.25) is 19.3 Å². The summed E-state index contributed by atoms with van der Waals surface area (Å²) in [5.41, 5.74) is 1.44. The Hall–Kier alpha value is -3.19. The van der Waals surface area contributed by atoms with E-state index >= 15 is 0 Å². The van der Waals surface area contributed by atoms with E-state index in [0.29, 0.717) is 37.1 Å². The van der Waals surface area contributed by atoms with Gasteiger partial charge in [0.2, 0.25) is 5.91 Å². The Kier molecular flexibility index (Phi) is 6.13. The van der Waals surface area contributed by atoms with Gasteiger partial charge in [0.15, 0.2) is 0 Å². The normalized spacial score (nSPS) is 21.8. The first-order valence-electron chi connectivity index (χ1n) is 12.2. The fourth-order valence-electron chi connectivity index (χ4n) is 5.36. The summed E-state index contributed by atoms with van der Waals surface area (Å²) in [5, 5.41) is 0. The molecule has 2 aromatic rings. The van der Waals surface area contributed by atoms with Crippen molar-refractivity contribution in [1.29, 1.82) is 0 Å². The predicted octanol–water partition coefficient (Wildman–Crippen LogP) is 3.09. The van der Waals surface area contributed by atoms with Gasteiger partial charge in [0.1, 0.15) is 11.8 Å². The first kappa shape index (κ1) is 22.6. The van der Waals surface area contributed by atoms with E-state index in [4.69, 9.17) is 4.74 Å². The standard InChI is InChI=1S/C27H31N3O4/c1-20-9-11-22(12-10-20)24(31)29-17-13-27(14-18-29)30(25(32)21-7-3-2-4-8-21)23(19-34-27)26(33)28-15-5-6-16-28/h2-4,7-12,23H,5-6,13-19H2,1H3/t23-/m0/s1. The summed E-state index contributed by atoms with van der Waals surface area (Å²) in [6, 6.07) is 16.0. The van der Waals surface area contributed by atoms with Crippen LogP contribution in [0.15, 0.2) is 54.6 Å².